The minimum absolute atomic E-state index is 0.114. The van der Waals surface area contributed by atoms with Crippen LogP contribution >= 0.6 is 0 Å². The lowest BCUT2D eigenvalue weighted by Crippen LogP contribution is -2.19. The summed E-state index contributed by atoms with van der Waals surface area (Å²) < 4.78 is 6.84. The summed E-state index contributed by atoms with van der Waals surface area (Å²) in [6.45, 7) is 4.07. The van der Waals surface area contributed by atoms with Crippen molar-refractivity contribution in [2.24, 2.45) is 5.92 Å². The van der Waals surface area contributed by atoms with Crippen molar-refractivity contribution in [3.63, 3.8) is 0 Å². The number of aromatic nitrogens is 3. The molecule has 2 heterocycles. The maximum atomic E-state index is 12.1. The summed E-state index contributed by atoms with van der Waals surface area (Å²) in [4.78, 5) is 23.1. The Labute approximate surface area is 127 Å². The molecule has 1 aliphatic rings. The molecule has 2 aromatic heterocycles. The number of carbonyl (C=O) groups excluding carboxylic acids is 1. The Hall–Kier alpha value is -2.31. The summed E-state index contributed by atoms with van der Waals surface area (Å²) in [5.74, 6) is 1.79. The molecule has 118 valence electrons. The fourth-order valence-corrected chi connectivity index (χ4v) is 2.57. The molecule has 1 atom stereocenters. The molecule has 1 amide bonds. The number of nitrogens with zero attached hydrogens (tertiary/aromatic N) is 2. The molecule has 1 saturated carbocycles. The third-order valence-corrected chi connectivity index (χ3v) is 4.10. The molecule has 3 rings (SSSR count). The molecule has 1 unspecified atom stereocenters. The topological polar surface area (TPSA) is 92.9 Å². The van der Waals surface area contributed by atoms with Gasteiger partial charge < -0.3 is 9.84 Å². The van der Waals surface area contributed by atoms with E-state index in [1.165, 1.54) is 18.9 Å². The van der Waals surface area contributed by atoms with E-state index in [9.17, 15) is 9.59 Å². The summed E-state index contributed by atoms with van der Waals surface area (Å²) >= 11 is 0. The molecule has 0 spiro atoms. The van der Waals surface area contributed by atoms with E-state index in [2.05, 4.69) is 22.5 Å². The lowest BCUT2D eigenvalue weighted by molar-refractivity contribution is -0.116. The predicted molar refractivity (Wildman–Crippen MR) is 80.7 cm³/mol. The van der Waals surface area contributed by atoms with Gasteiger partial charge in [-0.05, 0) is 32.6 Å². The maximum absolute atomic E-state index is 12.1. The van der Waals surface area contributed by atoms with Gasteiger partial charge in [0.05, 0.1) is 12.2 Å². The average molecular weight is 304 g/mol. The first-order valence-corrected chi connectivity index (χ1v) is 7.56. The molecule has 22 heavy (non-hydrogen) atoms. The second-order valence-corrected chi connectivity index (χ2v) is 5.93. The van der Waals surface area contributed by atoms with Crippen LogP contribution in [-0.4, -0.2) is 20.8 Å². The third kappa shape index (κ3) is 3.13. The van der Waals surface area contributed by atoms with Crippen molar-refractivity contribution < 1.29 is 9.32 Å². The van der Waals surface area contributed by atoms with E-state index in [0.29, 0.717) is 24.1 Å². The molecule has 0 radical (unpaired) electrons. The Bertz CT molecular complexity index is 723. The Morgan fingerprint density at radius 3 is 3.00 bits per heavy atom. The quantitative estimate of drug-likeness (QED) is 0.853. The van der Waals surface area contributed by atoms with Gasteiger partial charge >= 0.3 is 0 Å². The molecule has 0 aromatic carbocycles. The second kappa shape index (κ2) is 5.82. The van der Waals surface area contributed by atoms with Gasteiger partial charge in [-0.1, -0.05) is 0 Å². The van der Waals surface area contributed by atoms with Crippen molar-refractivity contribution in [2.75, 3.05) is 5.32 Å². The van der Waals surface area contributed by atoms with Crippen LogP contribution < -0.4 is 10.9 Å². The van der Waals surface area contributed by atoms with Gasteiger partial charge in [-0.15, -0.1) is 0 Å². The first-order valence-electron chi connectivity index (χ1n) is 7.56. The van der Waals surface area contributed by atoms with Crippen LogP contribution in [0.5, 0.6) is 0 Å². The average Bonchev–Trinajstić information content (AvgIpc) is 3.17. The van der Waals surface area contributed by atoms with Crippen LogP contribution in [0.1, 0.15) is 43.6 Å². The molecule has 1 fully saturated rings. The highest BCUT2D eigenvalue weighted by Crippen LogP contribution is 2.40. The Kier molecular flexibility index (Phi) is 3.87. The van der Waals surface area contributed by atoms with Gasteiger partial charge in [-0.3, -0.25) is 9.59 Å². The first-order chi connectivity index (χ1) is 10.5. The van der Waals surface area contributed by atoms with Gasteiger partial charge in [0, 0.05) is 24.5 Å². The zero-order valence-electron chi connectivity index (χ0n) is 12.8. The van der Waals surface area contributed by atoms with Crippen LogP contribution in [0.4, 0.5) is 5.82 Å². The summed E-state index contributed by atoms with van der Waals surface area (Å²) in [5, 5.41) is 9.53. The van der Waals surface area contributed by atoms with Crippen molar-refractivity contribution in [2.45, 2.75) is 45.6 Å². The SMILES string of the molecule is Cc1cnn(C(C)C2CC2)c1NC(=O)CCc1cc(=O)[nH]o1. The van der Waals surface area contributed by atoms with E-state index in [-0.39, 0.29) is 17.9 Å². The summed E-state index contributed by atoms with van der Waals surface area (Å²) in [5.41, 5.74) is 0.664. The van der Waals surface area contributed by atoms with E-state index >= 15 is 0 Å². The van der Waals surface area contributed by atoms with Gasteiger partial charge in [-0.2, -0.15) is 10.3 Å². The number of aryl methyl sites for hydroxylation is 2. The van der Waals surface area contributed by atoms with Gasteiger partial charge in [0.2, 0.25) is 5.91 Å². The van der Waals surface area contributed by atoms with Crippen molar-refractivity contribution in [3.05, 3.63) is 33.9 Å². The van der Waals surface area contributed by atoms with Gasteiger partial charge in [0.15, 0.2) is 0 Å². The number of rotatable bonds is 6. The number of hydrogen-bond acceptors (Lipinski definition) is 4. The maximum Gasteiger partial charge on any atom is 0.280 e. The molecular weight excluding hydrogens is 284 g/mol. The van der Waals surface area contributed by atoms with Crippen LogP contribution in [0.2, 0.25) is 0 Å². The molecule has 0 saturated heterocycles. The van der Waals surface area contributed by atoms with Crippen molar-refractivity contribution >= 4 is 11.7 Å². The molecule has 7 nitrogen and oxygen atoms in total. The van der Waals surface area contributed by atoms with E-state index < -0.39 is 0 Å². The third-order valence-electron chi connectivity index (χ3n) is 4.10. The van der Waals surface area contributed by atoms with Crippen LogP contribution in [-0.2, 0) is 11.2 Å². The Morgan fingerprint density at radius 1 is 1.59 bits per heavy atom. The van der Waals surface area contributed by atoms with E-state index in [1.807, 2.05) is 11.6 Å². The minimum atomic E-state index is -0.289. The predicted octanol–water partition coefficient (Wildman–Crippen LogP) is 2.02. The molecule has 0 bridgehead atoms. The normalized spacial score (nSPS) is 15.7. The standard InChI is InChI=1S/C15H20N4O3/c1-9-8-16-19(10(2)11-3-4-11)15(9)17-13(20)6-5-12-7-14(21)18-22-12/h7-8,10-11H,3-6H2,1-2H3,(H,17,20)(H,18,21). The van der Waals surface area contributed by atoms with Crippen molar-refractivity contribution in [3.8, 4) is 0 Å². The fraction of sp³-hybridized carbons (Fsp3) is 0.533. The number of anilines is 1. The van der Waals surface area contributed by atoms with Crippen LogP contribution in [0.15, 0.2) is 21.6 Å². The number of H-pyrrole nitrogens is 1. The van der Waals surface area contributed by atoms with E-state index in [0.717, 1.165) is 11.4 Å². The highest BCUT2D eigenvalue weighted by atomic mass is 16.5. The number of aromatic amines is 1. The lowest BCUT2D eigenvalue weighted by Gasteiger charge is -2.16. The van der Waals surface area contributed by atoms with Gasteiger partial charge in [0.1, 0.15) is 11.6 Å². The second-order valence-electron chi connectivity index (χ2n) is 5.93. The van der Waals surface area contributed by atoms with Gasteiger partial charge in [-0.25, -0.2) is 4.68 Å². The van der Waals surface area contributed by atoms with Gasteiger partial charge in [0.25, 0.3) is 5.56 Å². The molecule has 2 N–H and O–H groups in total. The molecule has 2 aromatic rings. The first kappa shape index (κ1) is 14.6. The summed E-state index contributed by atoms with van der Waals surface area (Å²) in [6.07, 6.45) is 4.86. The minimum Gasteiger partial charge on any atom is -0.384 e. The molecule has 0 aliphatic heterocycles. The Balaban J connectivity index is 1.63. The zero-order valence-corrected chi connectivity index (χ0v) is 12.8. The number of amides is 1. The Morgan fingerprint density at radius 2 is 2.36 bits per heavy atom. The van der Waals surface area contributed by atoms with Crippen LogP contribution in [0.3, 0.4) is 0 Å². The van der Waals surface area contributed by atoms with Crippen LogP contribution in [0.25, 0.3) is 0 Å². The zero-order chi connectivity index (χ0) is 15.7. The van der Waals surface area contributed by atoms with E-state index in [1.54, 1.807) is 6.20 Å². The van der Waals surface area contributed by atoms with Crippen LogP contribution in [0, 0.1) is 12.8 Å². The fourth-order valence-electron chi connectivity index (χ4n) is 2.57. The number of hydrogen-bond donors (Lipinski definition) is 2. The monoisotopic (exact) mass is 304 g/mol. The smallest absolute Gasteiger partial charge is 0.280 e. The summed E-state index contributed by atoms with van der Waals surface area (Å²) in [6, 6.07) is 1.66. The van der Waals surface area contributed by atoms with E-state index in [4.69, 9.17) is 4.52 Å². The lowest BCUT2D eigenvalue weighted by atomic mass is 10.2. The molecular formula is C15H20N4O3. The van der Waals surface area contributed by atoms with Crippen molar-refractivity contribution in [1.29, 1.82) is 0 Å². The highest BCUT2D eigenvalue weighted by molar-refractivity contribution is 5.90. The molecule has 7 heteroatoms. The molecule has 1 aliphatic carbocycles. The number of nitrogens with one attached hydrogen (secondary N) is 2. The number of carbonyl (C=O) groups is 1. The summed E-state index contributed by atoms with van der Waals surface area (Å²) in [7, 11) is 0. The highest BCUT2D eigenvalue weighted by Gasteiger charge is 2.31. The largest absolute Gasteiger partial charge is 0.384 e. The van der Waals surface area contributed by atoms with Crippen molar-refractivity contribution in [1.82, 2.24) is 14.9 Å².